The maximum Gasteiger partial charge on any atom is 0.311 e. The molecule has 4 rings (SSSR count). The molecule has 8 atom stereocenters. The highest BCUT2D eigenvalue weighted by Crippen LogP contribution is 2.72. The van der Waals surface area contributed by atoms with Crippen molar-refractivity contribution in [1.29, 1.82) is 0 Å². The van der Waals surface area contributed by atoms with Crippen LogP contribution in [0.1, 0.15) is 65.2 Å². The Bertz CT molecular complexity index is 562. The van der Waals surface area contributed by atoms with Crippen LogP contribution in [0.4, 0.5) is 0 Å². The molecule has 4 heteroatoms. The van der Waals surface area contributed by atoms with Gasteiger partial charge in [-0.2, -0.15) is 0 Å². The first-order chi connectivity index (χ1) is 11.8. The van der Waals surface area contributed by atoms with E-state index in [2.05, 4.69) is 13.8 Å². The number of carbonyl (C=O) groups excluding carboxylic acids is 1. The normalized spacial score (nSPS) is 54.5. The van der Waals surface area contributed by atoms with E-state index in [1.54, 1.807) is 0 Å². The fourth-order valence-corrected chi connectivity index (χ4v) is 8.18. The van der Waals surface area contributed by atoms with Crippen LogP contribution in [-0.2, 0) is 9.53 Å². The van der Waals surface area contributed by atoms with Crippen LogP contribution in [0, 0.1) is 39.9 Å². The Balaban J connectivity index is 1.74. The third kappa shape index (κ3) is 2.16. The van der Waals surface area contributed by atoms with Crippen molar-refractivity contribution in [3.05, 3.63) is 0 Å². The Kier molecular flexibility index (Phi) is 4.05. The van der Waals surface area contributed by atoms with Gasteiger partial charge in [-0.25, -0.2) is 0 Å². The number of hydrogen-bond donors (Lipinski definition) is 2. The van der Waals surface area contributed by atoms with Crippen LogP contribution in [0.3, 0.4) is 0 Å². The predicted molar refractivity (Wildman–Crippen MR) is 94.7 cm³/mol. The second-order valence-corrected chi connectivity index (χ2v) is 10.0. The Morgan fingerprint density at radius 3 is 2.60 bits per heavy atom. The quantitative estimate of drug-likeness (QED) is 0.751. The first kappa shape index (κ1) is 17.8. The third-order valence-electron chi connectivity index (χ3n) is 9.25. The molecule has 0 amide bonds. The van der Waals surface area contributed by atoms with Crippen molar-refractivity contribution in [2.24, 2.45) is 39.9 Å². The van der Waals surface area contributed by atoms with Gasteiger partial charge < -0.3 is 14.9 Å². The standard InChI is InChI=1S/C21H34O4/c1-19-7-4-8-20(2,18(24)25-3)16(19)9-17(23)21-10-13(5-6-15(19)21)14(11-21)12-22/h13-17,22-23H,4-12H2,1-3H3/t13-,14-,15+,16+,17+,19+,20-,21-/m1/s1. The zero-order valence-electron chi connectivity index (χ0n) is 16.0. The lowest BCUT2D eigenvalue weighted by Gasteiger charge is -2.65. The van der Waals surface area contributed by atoms with Gasteiger partial charge in [0.25, 0.3) is 0 Å². The lowest BCUT2D eigenvalue weighted by Crippen LogP contribution is -2.62. The number of esters is 1. The summed E-state index contributed by atoms with van der Waals surface area (Å²) in [6.07, 6.45) is 7.80. The molecule has 4 nitrogen and oxygen atoms in total. The minimum atomic E-state index is -0.476. The van der Waals surface area contributed by atoms with Gasteiger partial charge in [0.05, 0.1) is 18.6 Å². The molecule has 0 aromatic heterocycles. The molecule has 142 valence electrons. The molecule has 0 saturated heterocycles. The van der Waals surface area contributed by atoms with Gasteiger partial charge in [0, 0.05) is 12.0 Å². The van der Waals surface area contributed by atoms with Gasteiger partial charge in [-0.05, 0) is 81.0 Å². The SMILES string of the molecule is COC(=O)[C@]1(C)CCC[C@@]2(C)[C@@H]3CC[C@@H]4C[C@]3(C[C@@H]4CO)[C@@H](O)C[C@@H]21. The predicted octanol–water partition coefficient (Wildman–Crippen LogP) is 3.15. The summed E-state index contributed by atoms with van der Waals surface area (Å²) in [4.78, 5) is 12.7. The van der Waals surface area contributed by atoms with E-state index in [9.17, 15) is 15.0 Å². The van der Waals surface area contributed by atoms with E-state index in [1.165, 1.54) is 13.5 Å². The van der Waals surface area contributed by atoms with Crippen molar-refractivity contribution in [2.75, 3.05) is 13.7 Å². The molecule has 4 saturated carbocycles. The Labute approximate surface area is 151 Å². The molecule has 4 aliphatic rings. The molecule has 0 radical (unpaired) electrons. The highest BCUT2D eigenvalue weighted by molar-refractivity contribution is 5.77. The fraction of sp³-hybridized carbons (Fsp3) is 0.952. The second kappa shape index (κ2) is 5.69. The molecule has 0 aromatic carbocycles. The number of aliphatic hydroxyl groups is 2. The van der Waals surface area contributed by atoms with Gasteiger partial charge in [-0.1, -0.05) is 13.3 Å². The molecule has 1 spiro atoms. The summed E-state index contributed by atoms with van der Waals surface area (Å²) in [5.74, 6) is 1.49. The van der Waals surface area contributed by atoms with Crippen LogP contribution in [0.15, 0.2) is 0 Å². The molecule has 4 fully saturated rings. The lowest BCUT2D eigenvalue weighted by atomic mass is 9.40. The van der Waals surface area contributed by atoms with Crippen LogP contribution >= 0.6 is 0 Å². The van der Waals surface area contributed by atoms with Crippen molar-refractivity contribution in [3.8, 4) is 0 Å². The van der Waals surface area contributed by atoms with Gasteiger partial charge in [0.1, 0.15) is 0 Å². The van der Waals surface area contributed by atoms with E-state index in [4.69, 9.17) is 4.74 Å². The number of carbonyl (C=O) groups is 1. The third-order valence-corrected chi connectivity index (χ3v) is 9.25. The molecule has 2 N–H and O–H groups in total. The van der Waals surface area contributed by atoms with Gasteiger partial charge in [-0.3, -0.25) is 4.79 Å². The van der Waals surface area contributed by atoms with Gasteiger partial charge >= 0.3 is 5.97 Å². The molecule has 0 unspecified atom stereocenters. The van der Waals surface area contributed by atoms with E-state index < -0.39 is 5.41 Å². The smallest absolute Gasteiger partial charge is 0.311 e. The molecular weight excluding hydrogens is 316 g/mol. The van der Waals surface area contributed by atoms with Crippen molar-refractivity contribution in [2.45, 2.75) is 71.3 Å². The van der Waals surface area contributed by atoms with Crippen molar-refractivity contribution in [3.63, 3.8) is 0 Å². The van der Waals surface area contributed by atoms with E-state index >= 15 is 0 Å². The van der Waals surface area contributed by atoms with E-state index in [0.29, 0.717) is 24.2 Å². The van der Waals surface area contributed by atoms with E-state index in [0.717, 1.165) is 38.5 Å². The molecular formula is C21H34O4. The van der Waals surface area contributed by atoms with Gasteiger partial charge in [-0.15, -0.1) is 0 Å². The number of aliphatic hydroxyl groups excluding tert-OH is 2. The fourth-order valence-electron chi connectivity index (χ4n) is 8.18. The summed E-state index contributed by atoms with van der Waals surface area (Å²) in [6, 6.07) is 0. The molecule has 0 aliphatic heterocycles. The average molecular weight is 350 g/mol. The zero-order chi connectivity index (χ0) is 18.0. The summed E-state index contributed by atoms with van der Waals surface area (Å²) in [6.45, 7) is 4.72. The number of methoxy groups -OCH3 is 1. The van der Waals surface area contributed by atoms with Crippen LogP contribution in [0.25, 0.3) is 0 Å². The molecule has 2 bridgehead atoms. The molecule has 0 heterocycles. The molecule has 4 aliphatic carbocycles. The molecule has 0 aromatic rings. The first-order valence-electron chi connectivity index (χ1n) is 10.2. The second-order valence-electron chi connectivity index (χ2n) is 10.0. The Morgan fingerprint density at radius 2 is 1.92 bits per heavy atom. The van der Waals surface area contributed by atoms with Crippen LogP contribution in [0.5, 0.6) is 0 Å². The summed E-state index contributed by atoms with van der Waals surface area (Å²) in [5.41, 5.74) is -0.415. The van der Waals surface area contributed by atoms with Gasteiger partial charge in [0.2, 0.25) is 0 Å². The minimum absolute atomic E-state index is 0.0318. The monoisotopic (exact) mass is 350 g/mol. The maximum atomic E-state index is 12.7. The van der Waals surface area contributed by atoms with E-state index in [1.807, 2.05) is 0 Å². The summed E-state index contributed by atoms with van der Waals surface area (Å²) in [7, 11) is 1.49. The maximum absolute atomic E-state index is 12.7. The number of fused-ring (bicyclic) bond motifs is 3. The summed E-state index contributed by atoms with van der Waals surface area (Å²) in [5, 5.41) is 21.1. The topological polar surface area (TPSA) is 66.8 Å². The molecule has 25 heavy (non-hydrogen) atoms. The number of hydrogen-bond acceptors (Lipinski definition) is 4. The average Bonchev–Trinajstić information content (AvgIpc) is 2.88. The lowest BCUT2D eigenvalue weighted by molar-refractivity contribution is -0.210. The highest BCUT2D eigenvalue weighted by Gasteiger charge is 2.68. The van der Waals surface area contributed by atoms with Crippen molar-refractivity contribution >= 4 is 5.97 Å². The number of rotatable bonds is 2. The van der Waals surface area contributed by atoms with Gasteiger partial charge in [0.15, 0.2) is 0 Å². The van der Waals surface area contributed by atoms with Crippen LogP contribution in [0.2, 0.25) is 0 Å². The largest absolute Gasteiger partial charge is 0.469 e. The van der Waals surface area contributed by atoms with Crippen LogP contribution < -0.4 is 0 Å². The Hall–Kier alpha value is -0.610. The van der Waals surface area contributed by atoms with Crippen molar-refractivity contribution in [1.82, 2.24) is 0 Å². The highest BCUT2D eigenvalue weighted by atomic mass is 16.5. The first-order valence-corrected chi connectivity index (χ1v) is 10.2. The summed E-state index contributed by atoms with van der Waals surface area (Å²) >= 11 is 0. The van der Waals surface area contributed by atoms with Crippen molar-refractivity contribution < 1.29 is 19.7 Å². The van der Waals surface area contributed by atoms with Crippen LogP contribution in [-0.4, -0.2) is 36.0 Å². The summed E-state index contributed by atoms with van der Waals surface area (Å²) < 4.78 is 5.20. The minimum Gasteiger partial charge on any atom is -0.469 e. The van der Waals surface area contributed by atoms with E-state index in [-0.39, 0.29) is 35.4 Å². The number of ether oxygens (including phenoxy) is 1. The zero-order valence-corrected chi connectivity index (χ0v) is 16.0. The Morgan fingerprint density at radius 1 is 1.16 bits per heavy atom.